The number of hydrogen-bond donors (Lipinski definition) is 2. The Morgan fingerprint density at radius 2 is 1.83 bits per heavy atom. The van der Waals surface area contributed by atoms with E-state index in [1.54, 1.807) is 21.3 Å². The second kappa shape index (κ2) is 8.06. The van der Waals surface area contributed by atoms with Gasteiger partial charge in [0.1, 0.15) is 0 Å². The van der Waals surface area contributed by atoms with Gasteiger partial charge in [-0.1, -0.05) is 6.42 Å². The Hall–Kier alpha value is -1.95. The van der Waals surface area contributed by atoms with Crippen LogP contribution in [0.1, 0.15) is 31.2 Å². The van der Waals surface area contributed by atoms with E-state index in [2.05, 4.69) is 5.32 Å². The van der Waals surface area contributed by atoms with Crippen LogP contribution in [0, 0.1) is 5.92 Å². The van der Waals surface area contributed by atoms with E-state index in [-0.39, 0.29) is 12.5 Å². The van der Waals surface area contributed by atoms with Gasteiger partial charge < -0.3 is 24.6 Å². The molecular formula is C17H25NO5. The predicted molar refractivity (Wildman–Crippen MR) is 86.3 cm³/mol. The molecule has 1 saturated carbocycles. The summed E-state index contributed by atoms with van der Waals surface area (Å²) in [6, 6.07) is 3.76. The van der Waals surface area contributed by atoms with Crippen molar-refractivity contribution in [2.24, 2.45) is 5.92 Å². The Labute approximate surface area is 136 Å². The van der Waals surface area contributed by atoms with Gasteiger partial charge in [0.2, 0.25) is 5.75 Å². The number of nitrogens with one attached hydrogen (secondary N) is 1. The molecule has 128 valence electrons. The molecule has 23 heavy (non-hydrogen) atoms. The normalized spacial score (nSPS) is 15.6. The van der Waals surface area contributed by atoms with Crippen molar-refractivity contribution in [2.45, 2.75) is 38.3 Å². The molecule has 1 aromatic rings. The van der Waals surface area contributed by atoms with Crippen LogP contribution in [-0.4, -0.2) is 38.4 Å². The largest absolute Gasteiger partial charge is 0.493 e. The average molecular weight is 323 g/mol. The van der Waals surface area contributed by atoms with Gasteiger partial charge in [-0.3, -0.25) is 4.79 Å². The zero-order valence-corrected chi connectivity index (χ0v) is 13.9. The van der Waals surface area contributed by atoms with Crippen LogP contribution in [-0.2, 0) is 11.3 Å². The highest BCUT2D eigenvalue weighted by molar-refractivity contribution is 5.67. The minimum Gasteiger partial charge on any atom is -0.493 e. The first-order valence-electron chi connectivity index (χ1n) is 7.83. The van der Waals surface area contributed by atoms with Crippen LogP contribution >= 0.6 is 0 Å². The van der Waals surface area contributed by atoms with Crippen LogP contribution in [0.2, 0.25) is 0 Å². The lowest BCUT2D eigenvalue weighted by Crippen LogP contribution is -2.40. The summed E-state index contributed by atoms with van der Waals surface area (Å²) < 4.78 is 16.0. The number of carbonyl (C=O) groups is 1. The van der Waals surface area contributed by atoms with Gasteiger partial charge >= 0.3 is 5.97 Å². The van der Waals surface area contributed by atoms with E-state index >= 15 is 0 Å². The number of methoxy groups -OCH3 is 3. The van der Waals surface area contributed by atoms with E-state index in [0.717, 1.165) is 18.4 Å². The number of aliphatic carboxylic acids is 1. The van der Waals surface area contributed by atoms with Gasteiger partial charge in [-0.05, 0) is 36.5 Å². The zero-order valence-electron chi connectivity index (χ0n) is 13.9. The van der Waals surface area contributed by atoms with Crippen molar-refractivity contribution >= 4 is 5.97 Å². The molecule has 0 aromatic heterocycles. The van der Waals surface area contributed by atoms with E-state index in [9.17, 15) is 4.79 Å². The van der Waals surface area contributed by atoms with E-state index in [1.165, 1.54) is 6.42 Å². The molecule has 6 nitrogen and oxygen atoms in total. The third-order valence-corrected chi connectivity index (χ3v) is 4.41. The van der Waals surface area contributed by atoms with Gasteiger partial charge in [-0.15, -0.1) is 0 Å². The summed E-state index contributed by atoms with van der Waals surface area (Å²) >= 11 is 0. The molecule has 1 atom stereocenters. The fraction of sp³-hybridized carbons (Fsp3) is 0.588. The summed E-state index contributed by atoms with van der Waals surface area (Å²) in [7, 11) is 4.73. The molecule has 0 saturated heterocycles. The molecule has 0 spiro atoms. The Balaban J connectivity index is 2.10. The van der Waals surface area contributed by atoms with Crippen molar-refractivity contribution in [3.8, 4) is 17.2 Å². The molecule has 0 amide bonds. The quantitative estimate of drug-likeness (QED) is 0.727. The third-order valence-electron chi connectivity index (χ3n) is 4.41. The molecule has 0 heterocycles. The van der Waals surface area contributed by atoms with Gasteiger partial charge in [0.05, 0.1) is 27.8 Å². The Bertz CT molecular complexity index is 517. The number of ether oxygens (including phenoxy) is 3. The van der Waals surface area contributed by atoms with Crippen LogP contribution in [0.15, 0.2) is 12.1 Å². The molecule has 2 rings (SSSR count). The molecule has 1 fully saturated rings. The van der Waals surface area contributed by atoms with Gasteiger partial charge in [0, 0.05) is 12.6 Å². The van der Waals surface area contributed by atoms with Gasteiger partial charge in [0.25, 0.3) is 0 Å². The van der Waals surface area contributed by atoms with Crippen LogP contribution in [0.5, 0.6) is 17.2 Å². The lowest BCUT2D eigenvalue weighted by Gasteiger charge is -2.33. The second-order valence-corrected chi connectivity index (χ2v) is 5.81. The fourth-order valence-electron chi connectivity index (χ4n) is 2.92. The van der Waals surface area contributed by atoms with Crippen LogP contribution in [0.25, 0.3) is 0 Å². The molecule has 1 unspecified atom stereocenters. The summed E-state index contributed by atoms with van der Waals surface area (Å²) in [5.41, 5.74) is 0.967. The molecular weight excluding hydrogens is 298 g/mol. The minimum absolute atomic E-state index is 0.000316. The van der Waals surface area contributed by atoms with Crippen LogP contribution in [0.4, 0.5) is 0 Å². The fourth-order valence-corrected chi connectivity index (χ4v) is 2.92. The van der Waals surface area contributed by atoms with Gasteiger partial charge in [-0.2, -0.15) is 0 Å². The highest BCUT2D eigenvalue weighted by Gasteiger charge is 2.28. The summed E-state index contributed by atoms with van der Waals surface area (Å²) in [5.74, 6) is 1.44. The van der Waals surface area contributed by atoms with Crippen LogP contribution < -0.4 is 19.5 Å². The molecule has 6 heteroatoms. The number of carboxylic acid groups (broad SMARTS) is 1. The number of rotatable bonds is 9. The van der Waals surface area contributed by atoms with Crippen molar-refractivity contribution in [1.29, 1.82) is 0 Å². The Morgan fingerprint density at radius 3 is 2.22 bits per heavy atom. The predicted octanol–water partition coefficient (Wildman–Crippen LogP) is 2.45. The minimum atomic E-state index is -0.765. The van der Waals surface area contributed by atoms with Crippen molar-refractivity contribution in [1.82, 2.24) is 5.32 Å². The average Bonchev–Trinajstić information content (AvgIpc) is 2.49. The maximum absolute atomic E-state index is 11.1. The molecule has 0 radical (unpaired) electrons. The van der Waals surface area contributed by atoms with Crippen molar-refractivity contribution in [3.63, 3.8) is 0 Å². The highest BCUT2D eigenvalue weighted by atomic mass is 16.5. The molecule has 0 aliphatic heterocycles. The van der Waals surface area contributed by atoms with E-state index in [1.807, 2.05) is 12.1 Å². The first-order valence-corrected chi connectivity index (χ1v) is 7.83. The highest BCUT2D eigenvalue weighted by Crippen LogP contribution is 2.38. The monoisotopic (exact) mass is 323 g/mol. The van der Waals surface area contributed by atoms with E-state index < -0.39 is 5.97 Å². The van der Waals surface area contributed by atoms with E-state index in [4.69, 9.17) is 19.3 Å². The Morgan fingerprint density at radius 1 is 1.22 bits per heavy atom. The first-order chi connectivity index (χ1) is 11.1. The maximum Gasteiger partial charge on any atom is 0.304 e. The molecule has 1 aliphatic carbocycles. The first kappa shape index (κ1) is 17.4. The van der Waals surface area contributed by atoms with Crippen LogP contribution in [0.3, 0.4) is 0 Å². The van der Waals surface area contributed by atoms with Crippen molar-refractivity contribution < 1.29 is 24.1 Å². The molecule has 1 aromatic carbocycles. The van der Waals surface area contributed by atoms with E-state index in [0.29, 0.717) is 29.7 Å². The molecule has 0 bridgehead atoms. The van der Waals surface area contributed by atoms with Crippen molar-refractivity contribution in [2.75, 3.05) is 21.3 Å². The topological polar surface area (TPSA) is 77.0 Å². The number of hydrogen-bond acceptors (Lipinski definition) is 5. The SMILES string of the molecule is COc1cc(CNC(CC(=O)O)C2CCC2)cc(OC)c1OC. The van der Waals surface area contributed by atoms with Gasteiger partial charge in [0.15, 0.2) is 11.5 Å². The standard InChI is InChI=1S/C17H25NO5/c1-21-14-7-11(8-15(22-2)17(14)23-3)10-18-13(9-16(19)20)12-5-4-6-12/h7-8,12-13,18H,4-6,9-10H2,1-3H3,(H,19,20). The number of carboxylic acids is 1. The van der Waals surface area contributed by atoms with Crippen molar-refractivity contribution in [3.05, 3.63) is 17.7 Å². The van der Waals surface area contributed by atoms with Gasteiger partial charge in [-0.25, -0.2) is 0 Å². The summed E-state index contributed by atoms with van der Waals surface area (Å²) in [5, 5.41) is 12.5. The lowest BCUT2D eigenvalue weighted by atomic mass is 9.78. The zero-order chi connectivity index (χ0) is 16.8. The summed E-state index contributed by atoms with van der Waals surface area (Å²) in [6.45, 7) is 0.561. The third kappa shape index (κ3) is 4.28. The number of benzene rings is 1. The summed E-state index contributed by atoms with van der Waals surface area (Å²) in [4.78, 5) is 11.1. The maximum atomic E-state index is 11.1. The smallest absolute Gasteiger partial charge is 0.304 e. The molecule has 1 aliphatic rings. The second-order valence-electron chi connectivity index (χ2n) is 5.81. The lowest BCUT2D eigenvalue weighted by molar-refractivity contribution is -0.138. The Kier molecular flexibility index (Phi) is 6.10. The summed E-state index contributed by atoms with van der Waals surface area (Å²) in [6.07, 6.45) is 3.53. The molecule has 2 N–H and O–H groups in total.